The molecule has 0 saturated carbocycles. The molecule has 0 atom stereocenters. The molecule has 0 spiro atoms. The molecule has 0 amide bonds. The lowest BCUT2D eigenvalue weighted by molar-refractivity contribution is 0.667. The highest BCUT2D eigenvalue weighted by molar-refractivity contribution is 6.24. The molecule has 0 heterocycles. The molecule has 0 bridgehead atoms. The van der Waals surface area contributed by atoms with Gasteiger partial charge in [-0.05, 0) is 105 Å². The van der Waals surface area contributed by atoms with E-state index in [0.717, 1.165) is 0 Å². The molecular weight excluding hydrogens is 516 g/mol. The highest BCUT2D eigenvalue weighted by atomic mass is 14.4. The molecule has 2 aliphatic rings. The largest absolute Gasteiger partial charge is 0.0616 e. The van der Waals surface area contributed by atoms with Gasteiger partial charge in [-0.15, -0.1) is 0 Å². The van der Waals surface area contributed by atoms with E-state index in [4.69, 9.17) is 0 Å². The maximum absolute atomic E-state index is 2.54. The fourth-order valence-electron chi connectivity index (χ4n) is 8.59. The molecule has 0 unspecified atom stereocenters. The highest BCUT2D eigenvalue weighted by Gasteiger charge is 2.40. The fourth-order valence-corrected chi connectivity index (χ4v) is 8.59. The van der Waals surface area contributed by atoms with Crippen molar-refractivity contribution in [2.24, 2.45) is 0 Å². The van der Waals surface area contributed by atoms with E-state index in [9.17, 15) is 0 Å². The Hall–Kier alpha value is -5.20. The highest BCUT2D eigenvalue weighted by Crippen LogP contribution is 2.58. The van der Waals surface area contributed by atoms with Crippen LogP contribution in [0.25, 0.3) is 87.6 Å². The van der Waals surface area contributed by atoms with Crippen LogP contribution in [0.15, 0.2) is 133 Å². The van der Waals surface area contributed by atoms with E-state index in [0.29, 0.717) is 0 Å². The number of hydrogen-bond acceptors (Lipinski definition) is 0. The summed E-state index contributed by atoms with van der Waals surface area (Å²) in [7, 11) is 0. The lowest BCUT2D eigenvalue weighted by Gasteiger charge is -2.25. The molecule has 8 aromatic rings. The van der Waals surface area contributed by atoms with E-state index >= 15 is 0 Å². The number of fused-ring (bicyclic) bond motifs is 13. The van der Waals surface area contributed by atoms with Crippen LogP contribution in [0.3, 0.4) is 0 Å². The number of hydrogen-bond donors (Lipinski definition) is 0. The molecule has 0 aliphatic heterocycles. The third-order valence-electron chi connectivity index (χ3n) is 10.4. The van der Waals surface area contributed by atoms with Crippen LogP contribution < -0.4 is 0 Å². The third-order valence-corrected chi connectivity index (χ3v) is 10.4. The van der Waals surface area contributed by atoms with Crippen LogP contribution in [0.1, 0.15) is 25.0 Å². The summed E-state index contributed by atoms with van der Waals surface area (Å²) in [5.41, 5.74) is 13.5. The maximum atomic E-state index is 2.54. The van der Waals surface area contributed by atoms with Crippen molar-refractivity contribution in [1.82, 2.24) is 0 Å². The van der Waals surface area contributed by atoms with E-state index in [2.05, 4.69) is 147 Å². The summed E-state index contributed by atoms with van der Waals surface area (Å²) >= 11 is 0. The molecule has 10 rings (SSSR count). The normalized spacial score (nSPS) is 14.0. The Balaban J connectivity index is 1.35. The molecule has 43 heavy (non-hydrogen) atoms. The van der Waals surface area contributed by atoms with Crippen molar-refractivity contribution in [3.63, 3.8) is 0 Å². The summed E-state index contributed by atoms with van der Waals surface area (Å²) in [6, 6.07) is 50.1. The summed E-state index contributed by atoms with van der Waals surface area (Å²) in [6.45, 7) is 4.86. The first kappa shape index (κ1) is 23.4. The van der Waals surface area contributed by atoms with Gasteiger partial charge in [0.15, 0.2) is 0 Å². The van der Waals surface area contributed by atoms with Crippen LogP contribution in [0.5, 0.6) is 0 Å². The van der Waals surface area contributed by atoms with Crippen molar-refractivity contribution in [2.45, 2.75) is 19.3 Å². The molecule has 0 N–H and O–H groups in total. The molecule has 0 saturated heterocycles. The first-order valence-corrected chi connectivity index (χ1v) is 15.3. The van der Waals surface area contributed by atoms with Crippen LogP contribution in [0, 0.1) is 0 Å². The predicted octanol–water partition coefficient (Wildman–Crippen LogP) is 11.9. The van der Waals surface area contributed by atoms with Crippen molar-refractivity contribution < 1.29 is 0 Å². The van der Waals surface area contributed by atoms with E-state index in [1.807, 2.05) is 0 Å². The standard InChI is InChI=1S/C43H28/c1-43(2)38-24-37(30-22-23-35-26-13-4-3-12-25(26)31-20-11-21-32(30)39(31)35)29-16-6-8-17-33(29)40(38)41-34-18-9-5-14-27(34)28-15-7-10-19-36(28)42(41)43/h3-24H,1-2H3. The van der Waals surface area contributed by atoms with Crippen LogP contribution in [0.2, 0.25) is 0 Å². The molecular formula is C43H28. The summed E-state index contributed by atoms with van der Waals surface area (Å²) < 4.78 is 0. The molecule has 2 aliphatic carbocycles. The zero-order chi connectivity index (χ0) is 28.4. The summed E-state index contributed by atoms with van der Waals surface area (Å²) in [5.74, 6) is 0. The lowest BCUT2D eigenvalue weighted by atomic mass is 9.78. The van der Waals surface area contributed by atoms with Crippen LogP contribution in [-0.4, -0.2) is 0 Å². The lowest BCUT2D eigenvalue weighted by Crippen LogP contribution is -2.16. The Bertz CT molecular complexity index is 2500. The van der Waals surface area contributed by atoms with Gasteiger partial charge in [0.1, 0.15) is 0 Å². The van der Waals surface area contributed by atoms with Gasteiger partial charge in [0.25, 0.3) is 0 Å². The van der Waals surface area contributed by atoms with E-state index in [1.54, 1.807) is 0 Å². The number of benzene rings is 8. The van der Waals surface area contributed by atoms with Crippen molar-refractivity contribution in [1.29, 1.82) is 0 Å². The van der Waals surface area contributed by atoms with Crippen molar-refractivity contribution in [2.75, 3.05) is 0 Å². The summed E-state index contributed by atoms with van der Waals surface area (Å²) in [5, 5.41) is 10.8. The maximum Gasteiger partial charge on any atom is 0.0165 e. The molecule has 0 fully saturated rings. The van der Waals surface area contributed by atoms with Gasteiger partial charge in [0.05, 0.1) is 0 Å². The summed E-state index contributed by atoms with van der Waals surface area (Å²) in [4.78, 5) is 0. The first-order chi connectivity index (χ1) is 21.1. The quantitative estimate of drug-likeness (QED) is 0.180. The molecule has 0 heteroatoms. The molecule has 200 valence electrons. The summed E-state index contributed by atoms with van der Waals surface area (Å²) in [6.07, 6.45) is 0. The van der Waals surface area contributed by atoms with Gasteiger partial charge in [-0.1, -0.05) is 141 Å². The van der Waals surface area contributed by atoms with Crippen LogP contribution >= 0.6 is 0 Å². The Labute approximate surface area is 250 Å². The van der Waals surface area contributed by atoms with E-state index in [-0.39, 0.29) is 5.41 Å². The van der Waals surface area contributed by atoms with E-state index in [1.165, 1.54) is 98.7 Å². The smallest absolute Gasteiger partial charge is 0.0165 e. The van der Waals surface area contributed by atoms with Gasteiger partial charge in [-0.25, -0.2) is 0 Å². The van der Waals surface area contributed by atoms with Gasteiger partial charge in [0.2, 0.25) is 0 Å². The SMILES string of the molecule is CC1(C)c2cc(-c3ccc4c5c(cccc35)-c3ccccc3-4)c3ccccc3c2-c2c1c1ccccc1c1ccccc21. The minimum absolute atomic E-state index is 0.155. The second-order valence-electron chi connectivity index (χ2n) is 12.8. The number of rotatable bonds is 1. The predicted molar refractivity (Wildman–Crippen MR) is 184 cm³/mol. The average molecular weight is 545 g/mol. The monoisotopic (exact) mass is 544 g/mol. The minimum Gasteiger partial charge on any atom is -0.0616 e. The topological polar surface area (TPSA) is 0 Å². The zero-order valence-electron chi connectivity index (χ0n) is 24.2. The van der Waals surface area contributed by atoms with Crippen LogP contribution in [-0.2, 0) is 5.41 Å². The van der Waals surface area contributed by atoms with Crippen molar-refractivity contribution in [3.05, 3.63) is 145 Å². The Kier molecular flexibility index (Phi) is 4.35. The Morgan fingerprint density at radius 3 is 1.56 bits per heavy atom. The van der Waals surface area contributed by atoms with Gasteiger partial charge in [0, 0.05) is 5.41 Å². The van der Waals surface area contributed by atoms with Gasteiger partial charge in [-0.3, -0.25) is 0 Å². The molecule has 8 aromatic carbocycles. The van der Waals surface area contributed by atoms with Gasteiger partial charge in [-0.2, -0.15) is 0 Å². The Morgan fingerprint density at radius 1 is 0.349 bits per heavy atom. The first-order valence-electron chi connectivity index (χ1n) is 15.3. The molecule has 0 radical (unpaired) electrons. The van der Waals surface area contributed by atoms with Gasteiger partial charge < -0.3 is 0 Å². The second-order valence-corrected chi connectivity index (χ2v) is 12.8. The third kappa shape index (κ3) is 2.82. The van der Waals surface area contributed by atoms with Crippen molar-refractivity contribution >= 4 is 43.1 Å². The van der Waals surface area contributed by atoms with Crippen LogP contribution in [0.4, 0.5) is 0 Å². The minimum atomic E-state index is -0.155. The van der Waals surface area contributed by atoms with E-state index < -0.39 is 0 Å². The van der Waals surface area contributed by atoms with Gasteiger partial charge >= 0.3 is 0 Å². The Morgan fingerprint density at radius 2 is 0.837 bits per heavy atom. The average Bonchev–Trinajstić information content (AvgIpc) is 3.51. The molecule has 0 aromatic heterocycles. The second kappa shape index (κ2) is 8.00. The zero-order valence-corrected chi connectivity index (χ0v) is 24.2. The fraction of sp³-hybridized carbons (Fsp3) is 0.0698. The molecule has 0 nitrogen and oxygen atoms in total. The van der Waals surface area contributed by atoms with Crippen molar-refractivity contribution in [3.8, 4) is 44.5 Å².